The lowest BCUT2D eigenvalue weighted by atomic mass is 10.2. The van der Waals surface area contributed by atoms with Crippen molar-refractivity contribution >= 4 is 29.2 Å². The molecule has 0 atom stereocenters. The molecule has 1 aromatic heterocycles. The first-order valence-electron chi connectivity index (χ1n) is 4.39. The monoisotopic (exact) mass is 237 g/mol. The van der Waals surface area contributed by atoms with Crippen LogP contribution in [0.15, 0.2) is 24.3 Å². The van der Waals surface area contributed by atoms with Crippen molar-refractivity contribution in [1.82, 2.24) is 4.98 Å². The number of hydrogen-bond donors (Lipinski definition) is 0. The van der Waals surface area contributed by atoms with Crippen molar-refractivity contribution in [2.45, 2.75) is 6.92 Å². The molecule has 2 nitrogen and oxygen atoms in total. The van der Waals surface area contributed by atoms with Gasteiger partial charge in [-0.15, -0.1) is 11.3 Å². The lowest BCUT2D eigenvalue weighted by Gasteiger charge is -1.95. The van der Waals surface area contributed by atoms with Crippen molar-refractivity contribution < 1.29 is 4.79 Å². The normalized spacial score (nSPS) is 10.3. The number of hydrogen-bond acceptors (Lipinski definition) is 3. The summed E-state index contributed by atoms with van der Waals surface area (Å²) in [6.07, 6.45) is 0.834. The van der Waals surface area contributed by atoms with E-state index in [1.54, 1.807) is 0 Å². The summed E-state index contributed by atoms with van der Waals surface area (Å²) in [5, 5.41) is 1.50. The van der Waals surface area contributed by atoms with Gasteiger partial charge in [-0.25, -0.2) is 4.98 Å². The van der Waals surface area contributed by atoms with Gasteiger partial charge in [-0.2, -0.15) is 0 Å². The molecule has 2 rings (SSSR count). The molecule has 0 amide bonds. The highest BCUT2D eigenvalue weighted by Crippen LogP contribution is 2.28. The molecular weight excluding hydrogens is 230 g/mol. The fourth-order valence-corrected chi connectivity index (χ4v) is 2.33. The quantitative estimate of drug-likeness (QED) is 0.748. The van der Waals surface area contributed by atoms with Crippen molar-refractivity contribution in [2.24, 2.45) is 0 Å². The van der Waals surface area contributed by atoms with Crippen LogP contribution in [-0.2, 0) is 0 Å². The summed E-state index contributed by atoms with van der Waals surface area (Å²) in [4.78, 5) is 15.7. The Hall–Kier alpha value is -1.19. The van der Waals surface area contributed by atoms with Crippen LogP contribution in [0.3, 0.4) is 0 Å². The second-order valence-electron chi connectivity index (χ2n) is 3.10. The summed E-state index contributed by atoms with van der Waals surface area (Å²) in [6, 6.07) is 7.45. The van der Waals surface area contributed by atoms with E-state index in [2.05, 4.69) is 4.98 Å². The van der Waals surface area contributed by atoms with Gasteiger partial charge in [-0.05, 0) is 19.1 Å². The first-order chi connectivity index (χ1) is 7.20. The average Bonchev–Trinajstić information content (AvgIpc) is 2.60. The van der Waals surface area contributed by atoms with E-state index < -0.39 is 0 Å². The number of carbonyl (C=O) groups excluding carboxylic acids is 1. The van der Waals surface area contributed by atoms with Crippen LogP contribution in [0.5, 0.6) is 0 Å². The second kappa shape index (κ2) is 4.13. The van der Waals surface area contributed by atoms with Crippen LogP contribution < -0.4 is 0 Å². The van der Waals surface area contributed by atoms with Crippen LogP contribution in [0.1, 0.15) is 15.4 Å². The number of nitrogens with zero attached hydrogens (tertiary/aromatic N) is 1. The summed E-state index contributed by atoms with van der Waals surface area (Å²) < 4.78 is 0. The molecule has 1 heterocycles. The second-order valence-corrected chi connectivity index (χ2v) is 4.56. The molecule has 0 unspecified atom stereocenters. The van der Waals surface area contributed by atoms with Gasteiger partial charge in [0.25, 0.3) is 0 Å². The number of benzene rings is 1. The maximum Gasteiger partial charge on any atom is 0.161 e. The zero-order valence-corrected chi connectivity index (χ0v) is 9.60. The number of aromatic nitrogens is 1. The third-order valence-corrected chi connectivity index (χ3v) is 3.38. The molecule has 0 fully saturated rings. The molecule has 2 aromatic rings. The number of halogens is 1. The summed E-state index contributed by atoms with van der Waals surface area (Å²) in [5.41, 5.74) is 1.72. The summed E-state index contributed by atoms with van der Waals surface area (Å²) >= 11 is 7.27. The van der Waals surface area contributed by atoms with Crippen LogP contribution in [0, 0.1) is 6.92 Å². The summed E-state index contributed by atoms with van der Waals surface area (Å²) in [6.45, 7) is 1.83. The predicted octanol–water partition coefficient (Wildman–Crippen LogP) is 3.58. The molecule has 0 N–H and O–H groups in total. The number of rotatable bonds is 2. The molecule has 0 aliphatic carbocycles. The lowest BCUT2D eigenvalue weighted by Crippen LogP contribution is -1.78. The highest BCUT2D eigenvalue weighted by Gasteiger charge is 2.08. The Kier molecular flexibility index (Phi) is 2.84. The Morgan fingerprint density at radius 1 is 1.47 bits per heavy atom. The standard InChI is InChI=1S/C11H8ClNOS/c1-7-10(6-14)15-11(13-7)8-3-2-4-9(12)5-8/h2-6H,1H3. The van der Waals surface area contributed by atoms with Crippen LogP contribution >= 0.6 is 22.9 Å². The molecule has 0 aliphatic heterocycles. The van der Waals surface area contributed by atoms with Crippen molar-refractivity contribution in [3.63, 3.8) is 0 Å². The van der Waals surface area contributed by atoms with E-state index in [1.165, 1.54) is 11.3 Å². The lowest BCUT2D eigenvalue weighted by molar-refractivity contribution is 0.112. The third kappa shape index (κ3) is 2.08. The Morgan fingerprint density at radius 3 is 2.87 bits per heavy atom. The molecular formula is C11H8ClNOS. The minimum Gasteiger partial charge on any atom is -0.297 e. The Balaban J connectivity index is 2.49. The van der Waals surface area contributed by atoms with Crippen molar-refractivity contribution in [2.75, 3.05) is 0 Å². The molecule has 0 saturated heterocycles. The topological polar surface area (TPSA) is 30.0 Å². The van der Waals surface area contributed by atoms with Crippen LogP contribution in [0.25, 0.3) is 10.6 Å². The SMILES string of the molecule is Cc1nc(-c2cccc(Cl)c2)sc1C=O. The van der Waals surface area contributed by atoms with Gasteiger partial charge in [-0.3, -0.25) is 4.79 Å². The largest absolute Gasteiger partial charge is 0.297 e. The van der Waals surface area contributed by atoms with E-state index in [9.17, 15) is 4.79 Å². The van der Waals surface area contributed by atoms with Crippen molar-refractivity contribution in [3.05, 3.63) is 39.9 Å². The van der Waals surface area contributed by atoms with Gasteiger partial charge in [0, 0.05) is 10.6 Å². The van der Waals surface area contributed by atoms with E-state index in [0.29, 0.717) is 9.90 Å². The van der Waals surface area contributed by atoms with Gasteiger partial charge < -0.3 is 0 Å². The summed E-state index contributed by atoms with van der Waals surface area (Å²) in [5.74, 6) is 0. The minimum atomic E-state index is 0.671. The molecule has 0 spiro atoms. The van der Waals surface area contributed by atoms with E-state index in [-0.39, 0.29) is 0 Å². The zero-order valence-electron chi connectivity index (χ0n) is 8.03. The Morgan fingerprint density at radius 2 is 2.27 bits per heavy atom. The fraction of sp³-hybridized carbons (Fsp3) is 0.0909. The van der Waals surface area contributed by atoms with E-state index in [4.69, 9.17) is 11.6 Å². The smallest absolute Gasteiger partial charge is 0.161 e. The van der Waals surface area contributed by atoms with Crippen LogP contribution in [-0.4, -0.2) is 11.3 Å². The molecule has 0 radical (unpaired) electrons. The minimum absolute atomic E-state index is 0.671. The molecule has 76 valence electrons. The molecule has 15 heavy (non-hydrogen) atoms. The van der Waals surface area contributed by atoms with Crippen molar-refractivity contribution in [3.8, 4) is 10.6 Å². The third-order valence-electron chi connectivity index (χ3n) is 2.01. The molecule has 0 aliphatic rings. The Labute approximate surface area is 96.5 Å². The van der Waals surface area contributed by atoms with Crippen LogP contribution in [0.4, 0.5) is 0 Å². The van der Waals surface area contributed by atoms with E-state index in [0.717, 1.165) is 22.6 Å². The first-order valence-corrected chi connectivity index (χ1v) is 5.58. The average molecular weight is 238 g/mol. The number of aryl methyl sites for hydroxylation is 1. The van der Waals surface area contributed by atoms with Crippen molar-refractivity contribution in [1.29, 1.82) is 0 Å². The predicted molar refractivity (Wildman–Crippen MR) is 62.7 cm³/mol. The molecule has 0 saturated carbocycles. The van der Waals surface area contributed by atoms with E-state index in [1.807, 2.05) is 31.2 Å². The highest BCUT2D eigenvalue weighted by molar-refractivity contribution is 7.16. The Bertz CT molecular complexity index is 507. The molecule has 1 aromatic carbocycles. The van der Waals surface area contributed by atoms with Gasteiger partial charge in [0.15, 0.2) is 6.29 Å². The van der Waals surface area contributed by atoms with Gasteiger partial charge in [-0.1, -0.05) is 23.7 Å². The zero-order chi connectivity index (χ0) is 10.8. The number of thiazole rings is 1. The molecule has 0 bridgehead atoms. The van der Waals surface area contributed by atoms with E-state index >= 15 is 0 Å². The maximum absolute atomic E-state index is 10.7. The fourth-order valence-electron chi connectivity index (χ4n) is 1.26. The maximum atomic E-state index is 10.7. The number of aldehydes is 1. The summed E-state index contributed by atoms with van der Waals surface area (Å²) in [7, 11) is 0. The number of carbonyl (C=O) groups is 1. The highest BCUT2D eigenvalue weighted by atomic mass is 35.5. The van der Waals surface area contributed by atoms with Crippen LogP contribution in [0.2, 0.25) is 5.02 Å². The molecule has 4 heteroatoms. The first kappa shape index (κ1) is 10.3. The van der Waals surface area contributed by atoms with Gasteiger partial charge >= 0.3 is 0 Å². The van der Waals surface area contributed by atoms with Gasteiger partial charge in [0.05, 0.1) is 10.6 Å². The van der Waals surface area contributed by atoms with Gasteiger partial charge in [0.1, 0.15) is 5.01 Å². The van der Waals surface area contributed by atoms with Gasteiger partial charge in [0.2, 0.25) is 0 Å².